The lowest BCUT2D eigenvalue weighted by Gasteiger charge is -2.37. The Balaban J connectivity index is 0.000000807. The van der Waals surface area contributed by atoms with Gasteiger partial charge in [0.2, 0.25) is 18.2 Å². The largest absolute Gasteiger partial charge is 0.444 e. The van der Waals surface area contributed by atoms with E-state index in [-0.39, 0.29) is 36.6 Å². The van der Waals surface area contributed by atoms with Crippen LogP contribution in [-0.4, -0.2) is 66.0 Å². The van der Waals surface area contributed by atoms with Gasteiger partial charge in [-0.1, -0.05) is 55.9 Å². The molecular weight excluding hydrogens is 510 g/mol. The molecule has 3 N–H and O–H groups in total. The molecule has 6 atom stereocenters. The number of amides is 4. The quantitative estimate of drug-likeness (QED) is 0.412. The van der Waals surface area contributed by atoms with E-state index in [1.807, 2.05) is 66.4 Å². The molecule has 10 nitrogen and oxygen atoms in total. The zero-order valence-electron chi connectivity index (χ0n) is 25.8. The number of alkyl carbamates (subject to hydrolysis) is 1. The summed E-state index contributed by atoms with van der Waals surface area (Å²) in [4.78, 5) is 48.4. The zero-order valence-corrected chi connectivity index (χ0v) is 25.8. The summed E-state index contributed by atoms with van der Waals surface area (Å²) in [6, 6.07) is 1.02. The molecule has 10 heteroatoms. The zero-order chi connectivity index (χ0) is 30.3. The Hall–Kier alpha value is -2.83. The van der Waals surface area contributed by atoms with Gasteiger partial charge in [0.05, 0.1) is 6.07 Å². The van der Waals surface area contributed by atoms with Crippen molar-refractivity contribution in [2.75, 3.05) is 13.1 Å². The minimum Gasteiger partial charge on any atom is -0.444 e. The van der Waals surface area contributed by atoms with Crippen LogP contribution >= 0.6 is 0 Å². The van der Waals surface area contributed by atoms with Crippen LogP contribution in [0.5, 0.6) is 0 Å². The van der Waals surface area contributed by atoms with E-state index in [0.29, 0.717) is 36.6 Å². The number of rotatable bonds is 6. The van der Waals surface area contributed by atoms with E-state index in [2.05, 4.69) is 36.7 Å². The highest BCUT2D eigenvalue weighted by atomic mass is 16.6. The van der Waals surface area contributed by atoms with Crippen LogP contribution < -0.4 is 16.0 Å². The van der Waals surface area contributed by atoms with Crippen LogP contribution in [0.1, 0.15) is 96.4 Å². The van der Waals surface area contributed by atoms with Gasteiger partial charge < -0.3 is 25.6 Å². The van der Waals surface area contributed by atoms with Crippen molar-refractivity contribution in [3.8, 4) is 6.07 Å². The Kier molecular flexibility index (Phi) is 13.7. The Bertz CT molecular complexity index is 915. The van der Waals surface area contributed by atoms with Crippen molar-refractivity contribution in [3.63, 3.8) is 0 Å². The topological polar surface area (TPSA) is 141 Å². The van der Waals surface area contributed by atoms with Gasteiger partial charge in [-0.25, -0.2) is 4.79 Å². The van der Waals surface area contributed by atoms with Crippen molar-refractivity contribution in [3.05, 3.63) is 0 Å². The van der Waals surface area contributed by atoms with Crippen molar-refractivity contribution in [1.29, 1.82) is 5.26 Å². The standard InChI is InChI=1S/C19H34N2O3.C8H11N3O2.C2H6.CH4/c1-11-13-12(19(13,8)9)10-21(11)15(22)14(17(2,3)4)20-16(23)24-18(5,6)7;9-4-7(11-5-12)3-6-1-2-10-8(6)13;1-2;/h11-14H,10H2,1-9H3,(H,20,23);5-7H,1-3H2,(H,10,13)(H,11,12);1-2H3;1H4/t11-,12?,13-,14-;6-,7-;;/m10../s1. The Morgan fingerprint density at radius 1 is 1.23 bits per heavy atom. The number of hydrogen-bond acceptors (Lipinski definition) is 6. The number of carbonyl (C=O) groups excluding carboxylic acids is 4. The summed E-state index contributed by atoms with van der Waals surface area (Å²) in [7, 11) is 0. The summed E-state index contributed by atoms with van der Waals surface area (Å²) in [5.41, 5.74) is -0.621. The molecule has 0 aromatic carbocycles. The van der Waals surface area contributed by atoms with Gasteiger partial charge in [-0.05, 0) is 63.2 Å². The second-order valence-electron chi connectivity index (χ2n) is 13.1. The molecule has 3 aliphatic rings. The molecule has 3 fully saturated rings. The molecule has 0 aromatic rings. The van der Waals surface area contributed by atoms with E-state index in [1.54, 1.807) is 0 Å². The minimum absolute atomic E-state index is 0. The van der Waals surface area contributed by atoms with Gasteiger partial charge in [-0.3, -0.25) is 14.4 Å². The van der Waals surface area contributed by atoms with Crippen molar-refractivity contribution in [1.82, 2.24) is 20.9 Å². The molecule has 0 spiro atoms. The first-order valence-corrected chi connectivity index (χ1v) is 14.1. The van der Waals surface area contributed by atoms with Crippen LogP contribution in [0.15, 0.2) is 0 Å². The highest BCUT2D eigenvalue weighted by molar-refractivity contribution is 5.87. The molecular formula is C30H55N5O5. The first kappa shape index (κ1) is 37.2. The van der Waals surface area contributed by atoms with Crippen LogP contribution in [0.25, 0.3) is 0 Å². The average Bonchev–Trinajstić information content (AvgIpc) is 3.10. The lowest BCUT2D eigenvalue weighted by atomic mass is 9.85. The Morgan fingerprint density at radius 2 is 1.80 bits per heavy atom. The maximum Gasteiger partial charge on any atom is 0.408 e. The number of nitriles is 1. The van der Waals surface area contributed by atoms with Gasteiger partial charge in [0, 0.05) is 25.0 Å². The summed E-state index contributed by atoms with van der Waals surface area (Å²) in [6.07, 6.45) is 1.10. The van der Waals surface area contributed by atoms with Gasteiger partial charge in [0.15, 0.2) is 0 Å². The number of likely N-dealkylation sites (tertiary alicyclic amines) is 1. The highest BCUT2D eigenvalue weighted by Crippen LogP contribution is 2.64. The van der Waals surface area contributed by atoms with Crippen LogP contribution in [-0.2, 0) is 19.1 Å². The number of fused-ring (bicyclic) bond motifs is 1. The fourth-order valence-corrected chi connectivity index (χ4v) is 5.59. The van der Waals surface area contributed by atoms with Crippen molar-refractivity contribution in [2.24, 2.45) is 28.6 Å². The van der Waals surface area contributed by atoms with E-state index in [0.717, 1.165) is 13.0 Å². The number of ether oxygens (including phenoxy) is 1. The SMILES string of the molecule is C.CC.C[C@@H]1[C@@H]2C(CN1C(=O)[C@@H](NC(=O)OC(C)(C)C)C(C)(C)C)C2(C)C.N#C[C@H](C[C@@H]1CCNC1=O)NC=O. The van der Waals surface area contributed by atoms with Gasteiger partial charge in [0.25, 0.3) is 0 Å². The van der Waals surface area contributed by atoms with Gasteiger partial charge in [0.1, 0.15) is 17.7 Å². The predicted octanol–water partition coefficient (Wildman–Crippen LogP) is 4.24. The highest BCUT2D eigenvalue weighted by Gasteiger charge is 2.66. The van der Waals surface area contributed by atoms with Crippen molar-refractivity contribution >= 4 is 24.3 Å². The van der Waals surface area contributed by atoms with Crippen molar-refractivity contribution < 1.29 is 23.9 Å². The van der Waals surface area contributed by atoms with Crippen LogP contribution in [0.2, 0.25) is 0 Å². The lowest BCUT2D eigenvalue weighted by molar-refractivity contribution is -0.138. The maximum atomic E-state index is 13.1. The van der Waals surface area contributed by atoms with Gasteiger partial charge >= 0.3 is 6.09 Å². The Labute approximate surface area is 242 Å². The average molecular weight is 566 g/mol. The molecule has 1 saturated carbocycles. The molecule has 230 valence electrons. The smallest absolute Gasteiger partial charge is 0.408 e. The number of carbonyl (C=O) groups is 4. The molecule has 0 aromatic heterocycles. The Morgan fingerprint density at radius 3 is 2.17 bits per heavy atom. The normalized spacial score (nSPS) is 25.4. The van der Waals surface area contributed by atoms with E-state index >= 15 is 0 Å². The number of nitrogens with zero attached hydrogens (tertiary/aromatic N) is 2. The molecule has 3 rings (SSSR count). The predicted molar refractivity (Wildman–Crippen MR) is 157 cm³/mol. The second-order valence-corrected chi connectivity index (χ2v) is 13.1. The number of piperidine rings is 1. The monoisotopic (exact) mass is 565 g/mol. The lowest BCUT2D eigenvalue weighted by Crippen LogP contribution is -2.57. The molecule has 1 unspecified atom stereocenters. The van der Waals surface area contributed by atoms with E-state index in [4.69, 9.17) is 10.00 Å². The minimum atomic E-state index is -0.588. The van der Waals surface area contributed by atoms with E-state index < -0.39 is 23.8 Å². The first-order valence-electron chi connectivity index (χ1n) is 14.1. The third kappa shape index (κ3) is 9.67. The summed E-state index contributed by atoms with van der Waals surface area (Å²) < 4.78 is 5.35. The van der Waals surface area contributed by atoms with Gasteiger partial charge in [-0.2, -0.15) is 5.26 Å². The van der Waals surface area contributed by atoms with E-state index in [1.165, 1.54) is 0 Å². The van der Waals surface area contributed by atoms with Crippen LogP contribution in [0, 0.1) is 39.9 Å². The second kappa shape index (κ2) is 14.7. The van der Waals surface area contributed by atoms with Crippen LogP contribution in [0.4, 0.5) is 4.79 Å². The fraction of sp³-hybridized carbons (Fsp3) is 0.833. The molecule has 0 bridgehead atoms. The maximum absolute atomic E-state index is 13.1. The molecule has 2 saturated heterocycles. The molecule has 2 heterocycles. The summed E-state index contributed by atoms with van der Waals surface area (Å²) >= 11 is 0. The summed E-state index contributed by atoms with van der Waals surface area (Å²) in [6.45, 7) is 23.5. The first-order chi connectivity index (χ1) is 17.9. The molecule has 0 radical (unpaired) electrons. The number of hydrogen-bond donors (Lipinski definition) is 3. The fourth-order valence-electron chi connectivity index (χ4n) is 5.59. The van der Waals surface area contributed by atoms with Crippen LogP contribution in [0.3, 0.4) is 0 Å². The molecule has 4 amide bonds. The summed E-state index contributed by atoms with van der Waals surface area (Å²) in [5, 5.41) is 16.4. The molecule has 1 aliphatic carbocycles. The van der Waals surface area contributed by atoms with E-state index in [9.17, 15) is 19.2 Å². The summed E-state index contributed by atoms with van der Waals surface area (Å²) in [5.74, 6) is 1.01. The third-order valence-corrected chi connectivity index (χ3v) is 7.71. The van der Waals surface area contributed by atoms with Crippen molar-refractivity contribution in [2.45, 2.75) is 120 Å². The number of nitrogens with one attached hydrogen (secondary N) is 3. The molecule has 2 aliphatic heterocycles. The van der Waals surface area contributed by atoms with Gasteiger partial charge in [-0.15, -0.1) is 0 Å². The third-order valence-electron chi connectivity index (χ3n) is 7.71. The molecule has 40 heavy (non-hydrogen) atoms.